The topological polar surface area (TPSA) is 83.9 Å². The number of amides is 1. The van der Waals surface area contributed by atoms with Gasteiger partial charge in [-0.2, -0.15) is 0 Å². The number of carboxylic acids is 1. The van der Waals surface area contributed by atoms with Gasteiger partial charge >= 0.3 is 11.9 Å². The van der Waals surface area contributed by atoms with Crippen molar-refractivity contribution in [2.24, 2.45) is 5.92 Å². The third-order valence-corrected chi connectivity index (χ3v) is 3.15. The van der Waals surface area contributed by atoms with Crippen molar-refractivity contribution in [3.63, 3.8) is 0 Å². The van der Waals surface area contributed by atoms with Gasteiger partial charge in [0.25, 0.3) is 0 Å². The van der Waals surface area contributed by atoms with Gasteiger partial charge in [0.1, 0.15) is 11.4 Å². The summed E-state index contributed by atoms with van der Waals surface area (Å²) in [7, 11) is 1.10. The molecule has 20 heavy (non-hydrogen) atoms. The van der Waals surface area contributed by atoms with Crippen LogP contribution in [0.2, 0.25) is 0 Å². The Balaban J connectivity index is 2.43. The smallest absolute Gasteiger partial charge is 0.343 e. The molecule has 1 aliphatic rings. The standard InChI is InChI=1S/C13H12FNO5/c1-20-13(19)11-8(14)3-2-4-9(11)15-6-7(12(17)18)5-10(15)16/h2-4,7H,5-6H2,1H3,(H,17,18). The highest BCUT2D eigenvalue weighted by Gasteiger charge is 2.37. The number of esters is 1. The van der Waals surface area contributed by atoms with Crippen LogP contribution in [0.3, 0.4) is 0 Å². The molecule has 0 spiro atoms. The molecule has 1 saturated heterocycles. The SMILES string of the molecule is COC(=O)c1c(F)cccc1N1CC(C(=O)O)CC1=O. The molecule has 1 aliphatic heterocycles. The number of hydrogen-bond acceptors (Lipinski definition) is 4. The van der Waals surface area contributed by atoms with Gasteiger partial charge in [0, 0.05) is 13.0 Å². The van der Waals surface area contributed by atoms with Gasteiger partial charge < -0.3 is 14.7 Å². The summed E-state index contributed by atoms with van der Waals surface area (Å²) in [5.74, 6) is -4.16. The second-order valence-corrected chi connectivity index (χ2v) is 4.37. The molecule has 1 aromatic rings. The van der Waals surface area contributed by atoms with E-state index >= 15 is 0 Å². The predicted octanol–water partition coefficient (Wildman–Crippen LogP) is 1.05. The molecule has 1 amide bonds. The fraction of sp³-hybridized carbons (Fsp3) is 0.308. The van der Waals surface area contributed by atoms with E-state index in [4.69, 9.17) is 5.11 Å². The van der Waals surface area contributed by atoms with Crippen molar-refractivity contribution in [1.82, 2.24) is 0 Å². The third kappa shape index (κ3) is 2.34. The Kier molecular flexibility index (Phi) is 3.69. The summed E-state index contributed by atoms with van der Waals surface area (Å²) in [5, 5.41) is 8.93. The molecule has 1 atom stereocenters. The quantitative estimate of drug-likeness (QED) is 0.837. The van der Waals surface area contributed by atoms with E-state index in [0.29, 0.717) is 0 Å². The van der Waals surface area contributed by atoms with E-state index in [1.54, 1.807) is 0 Å². The molecule has 0 radical (unpaired) electrons. The number of nitrogens with zero attached hydrogens (tertiary/aromatic N) is 1. The molecule has 0 saturated carbocycles. The normalized spacial score (nSPS) is 18.2. The summed E-state index contributed by atoms with van der Waals surface area (Å²) >= 11 is 0. The molecule has 0 aromatic heterocycles. The van der Waals surface area contributed by atoms with E-state index in [1.165, 1.54) is 12.1 Å². The number of rotatable bonds is 3. The van der Waals surface area contributed by atoms with Crippen LogP contribution in [0.15, 0.2) is 18.2 Å². The predicted molar refractivity (Wildman–Crippen MR) is 65.8 cm³/mol. The van der Waals surface area contributed by atoms with Crippen molar-refractivity contribution in [3.05, 3.63) is 29.6 Å². The fourth-order valence-corrected chi connectivity index (χ4v) is 2.15. The zero-order chi connectivity index (χ0) is 14.9. The van der Waals surface area contributed by atoms with E-state index < -0.39 is 29.6 Å². The second kappa shape index (κ2) is 5.28. The minimum Gasteiger partial charge on any atom is -0.481 e. The maximum absolute atomic E-state index is 13.8. The van der Waals surface area contributed by atoms with E-state index in [0.717, 1.165) is 18.1 Å². The first-order chi connectivity index (χ1) is 9.45. The average Bonchev–Trinajstić information content (AvgIpc) is 2.80. The van der Waals surface area contributed by atoms with Crippen LogP contribution >= 0.6 is 0 Å². The monoisotopic (exact) mass is 281 g/mol. The Labute approximate surface area is 113 Å². The summed E-state index contributed by atoms with van der Waals surface area (Å²) in [6.45, 7) is -0.0956. The molecule has 1 N–H and O–H groups in total. The first-order valence-corrected chi connectivity index (χ1v) is 5.85. The molecular formula is C13H12FNO5. The van der Waals surface area contributed by atoms with Gasteiger partial charge in [-0.15, -0.1) is 0 Å². The number of halogens is 1. The van der Waals surface area contributed by atoms with Crippen molar-refractivity contribution >= 4 is 23.5 Å². The maximum atomic E-state index is 13.8. The van der Waals surface area contributed by atoms with E-state index in [1.807, 2.05) is 0 Å². The Morgan fingerprint density at radius 3 is 2.70 bits per heavy atom. The molecule has 7 heteroatoms. The Morgan fingerprint density at radius 2 is 2.15 bits per heavy atom. The number of carbonyl (C=O) groups excluding carboxylic acids is 2. The third-order valence-electron chi connectivity index (χ3n) is 3.15. The lowest BCUT2D eigenvalue weighted by molar-refractivity contribution is -0.141. The van der Waals surface area contributed by atoms with Crippen LogP contribution in [0.1, 0.15) is 16.8 Å². The van der Waals surface area contributed by atoms with Crippen LogP contribution in [0, 0.1) is 11.7 Å². The first-order valence-electron chi connectivity index (χ1n) is 5.85. The minimum absolute atomic E-state index is 0.0330. The van der Waals surface area contributed by atoms with Gasteiger partial charge in [0.15, 0.2) is 0 Å². The van der Waals surface area contributed by atoms with Crippen molar-refractivity contribution in [2.45, 2.75) is 6.42 Å². The van der Waals surface area contributed by atoms with Crippen LogP contribution in [-0.2, 0) is 14.3 Å². The minimum atomic E-state index is -1.10. The molecule has 1 heterocycles. The summed E-state index contributed by atoms with van der Waals surface area (Å²) in [6, 6.07) is 3.81. The Morgan fingerprint density at radius 1 is 1.45 bits per heavy atom. The molecule has 106 valence electrons. The van der Waals surface area contributed by atoms with Gasteiger partial charge in [-0.3, -0.25) is 9.59 Å². The molecule has 2 rings (SSSR count). The molecular weight excluding hydrogens is 269 g/mol. The highest BCUT2D eigenvalue weighted by molar-refractivity contribution is 6.05. The molecule has 1 fully saturated rings. The number of carbonyl (C=O) groups is 3. The summed E-state index contributed by atoms with van der Waals surface area (Å²) in [4.78, 5) is 35.5. The molecule has 1 unspecified atom stereocenters. The molecule has 0 bridgehead atoms. The number of benzene rings is 1. The Hall–Kier alpha value is -2.44. The number of aliphatic carboxylic acids is 1. The second-order valence-electron chi connectivity index (χ2n) is 4.37. The largest absolute Gasteiger partial charge is 0.481 e. The molecule has 0 aliphatic carbocycles. The lowest BCUT2D eigenvalue weighted by Crippen LogP contribution is -2.28. The summed E-state index contributed by atoms with van der Waals surface area (Å²) < 4.78 is 18.3. The molecule has 1 aromatic carbocycles. The van der Waals surface area contributed by atoms with Gasteiger partial charge in [-0.05, 0) is 12.1 Å². The van der Waals surface area contributed by atoms with Crippen LogP contribution < -0.4 is 4.90 Å². The number of methoxy groups -OCH3 is 1. The zero-order valence-corrected chi connectivity index (χ0v) is 10.6. The van der Waals surface area contributed by atoms with Crippen LogP contribution in [-0.4, -0.2) is 36.6 Å². The van der Waals surface area contributed by atoms with Crippen LogP contribution in [0.5, 0.6) is 0 Å². The van der Waals surface area contributed by atoms with Crippen molar-refractivity contribution in [3.8, 4) is 0 Å². The van der Waals surface area contributed by atoms with Crippen molar-refractivity contribution in [1.29, 1.82) is 0 Å². The Bertz CT molecular complexity index is 586. The highest BCUT2D eigenvalue weighted by Crippen LogP contribution is 2.30. The van der Waals surface area contributed by atoms with Crippen LogP contribution in [0.25, 0.3) is 0 Å². The number of carboxylic acid groups (broad SMARTS) is 1. The lowest BCUT2D eigenvalue weighted by atomic mass is 10.1. The van der Waals surface area contributed by atoms with E-state index in [2.05, 4.69) is 4.74 Å². The number of ether oxygens (including phenoxy) is 1. The fourth-order valence-electron chi connectivity index (χ4n) is 2.15. The number of anilines is 1. The van der Waals surface area contributed by atoms with Crippen LogP contribution in [0.4, 0.5) is 10.1 Å². The first kappa shape index (κ1) is 14.0. The van der Waals surface area contributed by atoms with Gasteiger partial charge in [0.05, 0.1) is 18.7 Å². The maximum Gasteiger partial charge on any atom is 0.343 e. The van der Waals surface area contributed by atoms with Crippen molar-refractivity contribution < 1.29 is 28.6 Å². The average molecular weight is 281 g/mol. The van der Waals surface area contributed by atoms with Gasteiger partial charge in [-0.25, -0.2) is 9.18 Å². The van der Waals surface area contributed by atoms with E-state index in [9.17, 15) is 18.8 Å². The lowest BCUT2D eigenvalue weighted by Gasteiger charge is -2.19. The number of hydrogen-bond donors (Lipinski definition) is 1. The molecule has 6 nitrogen and oxygen atoms in total. The summed E-state index contributed by atoms with van der Waals surface area (Å²) in [6.07, 6.45) is -0.174. The van der Waals surface area contributed by atoms with Gasteiger partial charge in [0.2, 0.25) is 5.91 Å². The zero-order valence-electron chi connectivity index (χ0n) is 10.6. The summed E-state index contributed by atoms with van der Waals surface area (Å²) in [5.41, 5.74) is -0.333. The van der Waals surface area contributed by atoms with Crippen molar-refractivity contribution in [2.75, 3.05) is 18.6 Å². The van der Waals surface area contributed by atoms with Gasteiger partial charge in [-0.1, -0.05) is 6.07 Å². The van der Waals surface area contributed by atoms with E-state index in [-0.39, 0.29) is 24.2 Å². The highest BCUT2D eigenvalue weighted by atomic mass is 19.1.